The Morgan fingerprint density at radius 2 is 1.27 bits per heavy atom. The minimum Gasteiger partial charge on any atom is -0.741 e. The molecule has 15 heavy (non-hydrogen) atoms. The Bertz CT molecular complexity index is 247. The summed E-state index contributed by atoms with van der Waals surface area (Å²) in [5, 5.41) is 8.00. The Labute approximate surface area is 110 Å². The molecule has 2 N–H and O–H groups in total. The van der Waals surface area contributed by atoms with E-state index in [-0.39, 0.29) is 17.1 Å². The van der Waals surface area contributed by atoms with E-state index in [2.05, 4.69) is 31.0 Å². The molecule has 87 valence electrons. The minimum atomic E-state index is 0. The van der Waals surface area contributed by atoms with Gasteiger partial charge in [-0.1, -0.05) is 0 Å². The summed E-state index contributed by atoms with van der Waals surface area (Å²) in [5.41, 5.74) is 4.99. The van der Waals surface area contributed by atoms with E-state index >= 15 is 0 Å². The van der Waals surface area contributed by atoms with Crippen LogP contribution in [-0.4, -0.2) is 36.9 Å². The van der Waals surface area contributed by atoms with Crippen LogP contribution in [0.4, 0.5) is 0 Å². The first-order valence-electron chi connectivity index (χ1n) is 3.55. The van der Waals surface area contributed by atoms with E-state index in [1.165, 1.54) is 12.4 Å². The van der Waals surface area contributed by atoms with Gasteiger partial charge in [0.05, 0.1) is 12.4 Å². The molecule has 0 amide bonds. The molecule has 0 fully saturated rings. The van der Waals surface area contributed by atoms with Gasteiger partial charge in [-0.15, -0.1) is 0 Å². The predicted octanol–water partition coefficient (Wildman–Crippen LogP) is -0.800. The number of nitrogens with zero attached hydrogens (tertiary/aromatic N) is 4. The molecular formula is C6H10CuN6S2. The van der Waals surface area contributed by atoms with Crippen molar-refractivity contribution in [1.82, 2.24) is 10.9 Å². The number of hydrazone groups is 2. The van der Waals surface area contributed by atoms with E-state index in [9.17, 15) is 0 Å². The molecule has 1 radical (unpaired) electrons. The van der Waals surface area contributed by atoms with Crippen molar-refractivity contribution < 1.29 is 17.1 Å². The summed E-state index contributed by atoms with van der Waals surface area (Å²) in [5.74, 6) is 0. The summed E-state index contributed by atoms with van der Waals surface area (Å²) in [7, 11) is 3.14. The van der Waals surface area contributed by atoms with Gasteiger partial charge in [-0.25, -0.2) is 0 Å². The van der Waals surface area contributed by atoms with Crippen molar-refractivity contribution in [3.05, 3.63) is 0 Å². The molecule has 0 saturated heterocycles. The average molecular weight is 294 g/mol. The van der Waals surface area contributed by atoms with Crippen LogP contribution in [0.15, 0.2) is 20.2 Å². The maximum atomic E-state index is 4.71. The monoisotopic (exact) mass is 293 g/mol. The number of amidine groups is 2. The summed E-state index contributed by atoms with van der Waals surface area (Å²) in [6, 6.07) is 0. The molecule has 0 spiro atoms. The average Bonchev–Trinajstić information content (AvgIpc) is 2.22. The molecule has 0 aliphatic rings. The van der Waals surface area contributed by atoms with Crippen LogP contribution in [0.5, 0.6) is 0 Å². The fourth-order valence-corrected chi connectivity index (χ4v) is 0.457. The second-order valence-corrected chi connectivity index (χ2v) is 2.61. The summed E-state index contributed by atoms with van der Waals surface area (Å²) in [6.07, 6.45) is 2.81. The van der Waals surface area contributed by atoms with Crippen molar-refractivity contribution in [2.24, 2.45) is 20.2 Å². The van der Waals surface area contributed by atoms with Crippen LogP contribution in [0.3, 0.4) is 0 Å². The largest absolute Gasteiger partial charge is 2.00 e. The molecule has 6 nitrogen and oxygen atoms in total. The van der Waals surface area contributed by atoms with Crippen LogP contribution in [-0.2, 0) is 42.3 Å². The van der Waals surface area contributed by atoms with E-state index in [1.807, 2.05) is 0 Å². The van der Waals surface area contributed by atoms with E-state index < -0.39 is 0 Å². The summed E-state index contributed by atoms with van der Waals surface area (Å²) >= 11 is 9.41. The van der Waals surface area contributed by atoms with Gasteiger partial charge in [-0.3, -0.25) is 20.8 Å². The van der Waals surface area contributed by atoms with Crippen LogP contribution < -0.4 is 10.9 Å². The SMILES string of the molecule is CN=C([S-])N/N=C\C=N/NC([S-])=NC.[Cu+2]. The Morgan fingerprint density at radius 1 is 0.933 bits per heavy atom. The Balaban J connectivity index is 0. The first-order chi connectivity index (χ1) is 6.70. The Morgan fingerprint density at radius 3 is 1.53 bits per heavy atom. The fraction of sp³-hybridized carbons (Fsp3) is 0.333. The molecule has 0 aliphatic heterocycles. The van der Waals surface area contributed by atoms with Gasteiger partial charge in [-0.2, -0.15) is 10.2 Å². The molecule has 0 unspecified atom stereocenters. The second kappa shape index (κ2) is 11.3. The third-order valence-corrected chi connectivity index (χ3v) is 1.49. The normalized spacial score (nSPS) is 12.9. The van der Waals surface area contributed by atoms with Crippen molar-refractivity contribution >= 4 is 48.0 Å². The molecule has 0 bridgehead atoms. The molecule has 0 atom stereocenters. The van der Waals surface area contributed by atoms with E-state index in [1.54, 1.807) is 14.1 Å². The summed E-state index contributed by atoms with van der Waals surface area (Å²) < 4.78 is 0. The first kappa shape index (κ1) is 16.7. The Hall–Kier alpha value is -0.761. The number of hydrogen-bond donors (Lipinski definition) is 2. The molecule has 9 heteroatoms. The van der Waals surface area contributed by atoms with Gasteiger partial charge in [-0.05, 0) is 10.3 Å². The van der Waals surface area contributed by atoms with Gasteiger partial charge >= 0.3 is 17.1 Å². The zero-order valence-electron chi connectivity index (χ0n) is 8.06. The fourth-order valence-electron chi connectivity index (χ4n) is 0.352. The van der Waals surface area contributed by atoms with Gasteiger partial charge in [0.2, 0.25) is 0 Å². The van der Waals surface area contributed by atoms with Crippen LogP contribution in [0, 0.1) is 0 Å². The van der Waals surface area contributed by atoms with E-state index in [4.69, 9.17) is 25.3 Å². The Kier molecular flexibility index (Phi) is 12.6. The quantitative estimate of drug-likeness (QED) is 0.235. The van der Waals surface area contributed by atoms with E-state index in [0.717, 1.165) is 0 Å². The molecule has 0 aromatic rings. The zero-order valence-corrected chi connectivity index (χ0v) is 10.6. The molecule has 0 aromatic carbocycles. The van der Waals surface area contributed by atoms with Gasteiger partial charge in [0.1, 0.15) is 0 Å². The van der Waals surface area contributed by atoms with Crippen molar-refractivity contribution in [1.29, 1.82) is 0 Å². The zero-order chi connectivity index (χ0) is 10.8. The molecule has 0 aromatic heterocycles. The second-order valence-electron chi connectivity index (χ2n) is 1.84. The van der Waals surface area contributed by atoms with Gasteiger partial charge in [0, 0.05) is 14.1 Å². The molecular weight excluding hydrogens is 284 g/mol. The van der Waals surface area contributed by atoms with Crippen LogP contribution in [0.2, 0.25) is 0 Å². The maximum absolute atomic E-state index is 4.71. The predicted molar refractivity (Wildman–Crippen MR) is 64.7 cm³/mol. The third kappa shape index (κ3) is 11.2. The summed E-state index contributed by atoms with van der Waals surface area (Å²) in [4.78, 5) is 7.32. The molecule has 0 aliphatic carbocycles. The topological polar surface area (TPSA) is 73.5 Å². The number of nitrogens with one attached hydrogen (secondary N) is 2. The molecule has 0 saturated carbocycles. The van der Waals surface area contributed by atoms with Gasteiger partial charge in [0.25, 0.3) is 0 Å². The van der Waals surface area contributed by atoms with Crippen LogP contribution >= 0.6 is 0 Å². The molecule has 0 rings (SSSR count). The van der Waals surface area contributed by atoms with Crippen molar-refractivity contribution in [2.45, 2.75) is 0 Å². The van der Waals surface area contributed by atoms with E-state index in [0.29, 0.717) is 10.3 Å². The van der Waals surface area contributed by atoms with Crippen molar-refractivity contribution in [2.75, 3.05) is 14.1 Å². The molecule has 0 heterocycles. The summed E-state index contributed by atoms with van der Waals surface area (Å²) in [6.45, 7) is 0. The minimum absolute atomic E-state index is 0. The van der Waals surface area contributed by atoms with Crippen molar-refractivity contribution in [3.63, 3.8) is 0 Å². The number of rotatable bonds is 3. The van der Waals surface area contributed by atoms with Crippen molar-refractivity contribution in [3.8, 4) is 0 Å². The van der Waals surface area contributed by atoms with Gasteiger partial charge < -0.3 is 25.3 Å². The van der Waals surface area contributed by atoms with Gasteiger partial charge in [0.15, 0.2) is 0 Å². The van der Waals surface area contributed by atoms with Crippen LogP contribution in [0.25, 0.3) is 0 Å². The standard InChI is InChI=1S/C6H12N6S2.Cu/c1-7-5(13)11-9-3-4-10-12-6(14)8-2;/h3-4H,1-2H3,(H2,7,11,13)(H2,8,12,14);/q;+2/p-2/b9-3-,10-4-;. The van der Waals surface area contributed by atoms with Crippen LogP contribution in [0.1, 0.15) is 0 Å². The smallest absolute Gasteiger partial charge is 0.741 e. The number of hydrogen-bond acceptors (Lipinski definition) is 6. The first-order valence-corrected chi connectivity index (χ1v) is 4.36. The maximum Gasteiger partial charge on any atom is 2.00 e. The third-order valence-electron chi connectivity index (χ3n) is 0.942. The number of aliphatic imine (C=N–C) groups is 2.